The number of hydrogen-bond acceptors (Lipinski definition) is 8. The van der Waals surface area contributed by atoms with E-state index in [-0.39, 0.29) is 19.8 Å². The van der Waals surface area contributed by atoms with Gasteiger partial charge in [0.1, 0.15) is 23.9 Å². The fraction of sp³-hybridized carbons (Fsp3) is 0.310. The molecule has 0 fully saturated rings. The van der Waals surface area contributed by atoms with Gasteiger partial charge >= 0.3 is 12.1 Å². The molecule has 1 unspecified atom stereocenters. The number of fused-ring (bicyclic) bond motifs is 1. The molecule has 1 N–H and O–H groups in total. The molecule has 0 aliphatic rings. The number of para-hydroxylation sites is 1. The number of ether oxygens (including phenoxy) is 6. The molecule has 0 saturated heterocycles. The van der Waals surface area contributed by atoms with Gasteiger partial charge in [-0.2, -0.15) is 0 Å². The first-order valence-electron chi connectivity index (χ1n) is 12.3. The van der Waals surface area contributed by atoms with Crippen LogP contribution in [0.2, 0.25) is 0 Å². The van der Waals surface area contributed by atoms with Crippen LogP contribution in [0, 0.1) is 0 Å². The number of hydrogen-bond donors (Lipinski definition) is 1. The number of rotatable bonds is 15. The van der Waals surface area contributed by atoms with Crippen LogP contribution in [0.4, 0.5) is 4.79 Å². The maximum Gasteiger partial charge on any atom is 0.412 e. The number of esters is 1. The molecule has 0 aromatic heterocycles. The SMILES string of the molecule is C=C(C)C(=O)OCCOCCOCCNC(=O)Oc1ccc2c(OC(C)Oc3ccccc3)cccc2c1. The molecule has 0 aliphatic heterocycles. The van der Waals surface area contributed by atoms with E-state index in [0.29, 0.717) is 36.9 Å². The summed E-state index contributed by atoms with van der Waals surface area (Å²) in [4.78, 5) is 23.4. The highest BCUT2D eigenvalue weighted by Crippen LogP contribution is 2.30. The second-order valence-corrected chi connectivity index (χ2v) is 8.21. The highest BCUT2D eigenvalue weighted by Gasteiger charge is 2.11. The molecular formula is C29H33NO8. The van der Waals surface area contributed by atoms with Crippen LogP contribution in [0.25, 0.3) is 10.8 Å². The smallest absolute Gasteiger partial charge is 0.412 e. The maximum absolute atomic E-state index is 12.1. The van der Waals surface area contributed by atoms with Crippen LogP contribution in [-0.2, 0) is 19.0 Å². The molecule has 38 heavy (non-hydrogen) atoms. The van der Waals surface area contributed by atoms with E-state index in [9.17, 15) is 9.59 Å². The molecule has 3 aromatic rings. The van der Waals surface area contributed by atoms with E-state index in [4.69, 9.17) is 28.4 Å². The molecule has 3 rings (SSSR count). The third-order valence-corrected chi connectivity index (χ3v) is 5.06. The largest absolute Gasteiger partial charge is 0.460 e. The monoisotopic (exact) mass is 523 g/mol. The van der Waals surface area contributed by atoms with E-state index in [2.05, 4.69) is 11.9 Å². The van der Waals surface area contributed by atoms with Crippen molar-refractivity contribution in [2.75, 3.05) is 39.6 Å². The van der Waals surface area contributed by atoms with Crippen LogP contribution < -0.4 is 19.5 Å². The van der Waals surface area contributed by atoms with Crippen molar-refractivity contribution in [2.45, 2.75) is 20.1 Å². The Morgan fingerprint density at radius 3 is 2.34 bits per heavy atom. The number of carbonyl (C=O) groups is 2. The quantitative estimate of drug-likeness (QED) is 0.130. The van der Waals surface area contributed by atoms with Crippen molar-refractivity contribution in [1.29, 1.82) is 0 Å². The molecule has 0 bridgehead atoms. The summed E-state index contributed by atoms with van der Waals surface area (Å²) in [6, 6.07) is 20.4. The zero-order chi connectivity index (χ0) is 27.2. The molecule has 202 valence electrons. The van der Waals surface area contributed by atoms with Crippen molar-refractivity contribution >= 4 is 22.8 Å². The Kier molecular flexibility index (Phi) is 11.4. The Labute approximate surface area is 222 Å². The van der Waals surface area contributed by atoms with Gasteiger partial charge in [0.2, 0.25) is 6.29 Å². The first kappa shape index (κ1) is 28.5. The number of carbonyl (C=O) groups excluding carboxylic acids is 2. The van der Waals surface area contributed by atoms with Crippen LogP contribution in [0.15, 0.2) is 78.9 Å². The predicted octanol–water partition coefficient (Wildman–Crippen LogP) is 4.88. The normalized spacial score (nSPS) is 11.4. The highest BCUT2D eigenvalue weighted by molar-refractivity contribution is 5.90. The van der Waals surface area contributed by atoms with Crippen molar-refractivity contribution in [1.82, 2.24) is 5.32 Å². The summed E-state index contributed by atoms with van der Waals surface area (Å²) >= 11 is 0. The van der Waals surface area contributed by atoms with Gasteiger partial charge in [0.25, 0.3) is 0 Å². The van der Waals surface area contributed by atoms with Crippen molar-refractivity contribution in [3.63, 3.8) is 0 Å². The van der Waals surface area contributed by atoms with E-state index in [0.717, 1.165) is 16.5 Å². The topological polar surface area (TPSA) is 102 Å². The lowest BCUT2D eigenvalue weighted by Crippen LogP contribution is -2.30. The summed E-state index contributed by atoms with van der Waals surface area (Å²) < 4.78 is 32.8. The highest BCUT2D eigenvalue weighted by atomic mass is 16.7. The second-order valence-electron chi connectivity index (χ2n) is 8.21. The molecule has 0 heterocycles. The zero-order valence-electron chi connectivity index (χ0n) is 21.6. The van der Waals surface area contributed by atoms with Gasteiger partial charge < -0.3 is 33.7 Å². The fourth-order valence-electron chi connectivity index (χ4n) is 3.30. The van der Waals surface area contributed by atoms with E-state index in [1.54, 1.807) is 19.1 Å². The number of amides is 1. The third-order valence-electron chi connectivity index (χ3n) is 5.06. The van der Waals surface area contributed by atoms with Gasteiger partial charge in [0, 0.05) is 24.4 Å². The molecular weight excluding hydrogens is 490 g/mol. The van der Waals surface area contributed by atoms with Crippen LogP contribution >= 0.6 is 0 Å². The van der Waals surface area contributed by atoms with Crippen LogP contribution in [-0.4, -0.2) is 57.9 Å². The minimum atomic E-state index is -0.583. The lowest BCUT2D eigenvalue weighted by atomic mass is 10.1. The first-order valence-corrected chi connectivity index (χ1v) is 12.3. The van der Waals surface area contributed by atoms with Gasteiger partial charge in [-0.1, -0.05) is 36.9 Å². The van der Waals surface area contributed by atoms with Crippen molar-refractivity contribution in [3.8, 4) is 17.2 Å². The minimum Gasteiger partial charge on any atom is -0.460 e. The van der Waals surface area contributed by atoms with Crippen molar-refractivity contribution in [3.05, 3.63) is 78.9 Å². The number of benzene rings is 3. The molecule has 0 aliphatic carbocycles. The lowest BCUT2D eigenvalue weighted by Gasteiger charge is -2.18. The summed E-state index contributed by atoms with van der Waals surface area (Å²) in [7, 11) is 0. The van der Waals surface area contributed by atoms with E-state index in [1.807, 2.05) is 61.5 Å². The predicted molar refractivity (Wildman–Crippen MR) is 143 cm³/mol. The molecule has 1 amide bonds. The zero-order valence-corrected chi connectivity index (χ0v) is 21.6. The molecule has 3 aromatic carbocycles. The van der Waals surface area contributed by atoms with Gasteiger partial charge in [-0.25, -0.2) is 9.59 Å². The Balaban J connectivity index is 1.35. The van der Waals surface area contributed by atoms with Gasteiger partial charge in [0.05, 0.1) is 26.4 Å². The summed E-state index contributed by atoms with van der Waals surface area (Å²) in [5, 5.41) is 4.37. The van der Waals surface area contributed by atoms with Gasteiger partial charge in [0.15, 0.2) is 0 Å². The summed E-state index contributed by atoms with van der Waals surface area (Å²) in [5.74, 6) is 1.35. The van der Waals surface area contributed by atoms with Crippen LogP contribution in [0.1, 0.15) is 13.8 Å². The molecule has 0 spiro atoms. The van der Waals surface area contributed by atoms with Crippen LogP contribution in [0.3, 0.4) is 0 Å². The summed E-state index contributed by atoms with van der Waals surface area (Å²) in [5.41, 5.74) is 0.346. The van der Waals surface area contributed by atoms with Crippen molar-refractivity contribution < 1.29 is 38.0 Å². The Morgan fingerprint density at radius 1 is 0.842 bits per heavy atom. The standard InChI is InChI=1S/C29H33NO8/c1-21(2)28(31)35-19-18-34-17-16-33-15-14-30-29(32)38-25-12-13-26-23(20-25)8-7-11-27(26)37-22(3)36-24-9-5-4-6-10-24/h4-13,20,22H,1,14-19H2,2-3H3,(H,30,32). The third kappa shape index (κ3) is 9.76. The molecule has 0 saturated carbocycles. The molecule has 0 radical (unpaired) electrons. The average Bonchev–Trinajstić information content (AvgIpc) is 2.90. The van der Waals surface area contributed by atoms with E-state index < -0.39 is 18.4 Å². The first-order chi connectivity index (χ1) is 18.4. The van der Waals surface area contributed by atoms with E-state index >= 15 is 0 Å². The molecule has 9 nitrogen and oxygen atoms in total. The molecule has 1 atom stereocenters. The van der Waals surface area contributed by atoms with E-state index in [1.165, 1.54) is 0 Å². The lowest BCUT2D eigenvalue weighted by molar-refractivity contribution is -0.140. The van der Waals surface area contributed by atoms with Crippen molar-refractivity contribution in [2.24, 2.45) is 0 Å². The Morgan fingerprint density at radius 2 is 1.58 bits per heavy atom. The van der Waals surface area contributed by atoms with Crippen LogP contribution in [0.5, 0.6) is 17.2 Å². The Bertz CT molecular complexity index is 1200. The maximum atomic E-state index is 12.1. The van der Waals surface area contributed by atoms with Gasteiger partial charge in [-0.05, 0) is 48.7 Å². The molecule has 9 heteroatoms. The number of nitrogens with one attached hydrogen (secondary N) is 1. The van der Waals surface area contributed by atoms with Gasteiger partial charge in [-0.3, -0.25) is 0 Å². The minimum absolute atomic E-state index is 0.157. The van der Waals surface area contributed by atoms with Gasteiger partial charge in [-0.15, -0.1) is 0 Å². The fourth-order valence-corrected chi connectivity index (χ4v) is 3.30. The summed E-state index contributed by atoms with van der Waals surface area (Å²) in [6.07, 6.45) is -1.08. The average molecular weight is 524 g/mol. The Hall–Kier alpha value is -4.08. The second kappa shape index (κ2) is 15.2. The summed E-state index contributed by atoms with van der Waals surface area (Å²) in [6.45, 7) is 8.60.